The van der Waals surface area contributed by atoms with Crippen LogP contribution in [0.3, 0.4) is 0 Å². The number of hydrogen-bond donors (Lipinski definition) is 2. The number of aliphatic hydroxyl groups is 1. The van der Waals surface area contributed by atoms with E-state index < -0.39 is 18.0 Å². The minimum Gasteiger partial charge on any atom is -0.489 e. The summed E-state index contributed by atoms with van der Waals surface area (Å²) in [5, 5.41) is 19.0. The van der Waals surface area contributed by atoms with Gasteiger partial charge in [-0.2, -0.15) is 5.26 Å². The molecule has 1 aliphatic heterocycles. The van der Waals surface area contributed by atoms with Crippen LogP contribution in [0.4, 0.5) is 0 Å². The Hall–Kier alpha value is -4.02. The topological polar surface area (TPSA) is 119 Å². The molecular weight excluding hydrogens is 384 g/mol. The van der Waals surface area contributed by atoms with Gasteiger partial charge in [0.15, 0.2) is 5.76 Å². The molecule has 30 heavy (non-hydrogen) atoms. The van der Waals surface area contributed by atoms with Gasteiger partial charge in [0.05, 0.1) is 5.92 Å². The summed E-state index contributed by atoms with van der Waals surface area (Å²) in [5.41, 5.74) is 7.25. The third kappa shape index (κ3) is 3.64. The molecule has 3 aromatic rings. The molecule has 1 atom stereocenters. The fourth-order valence-corrected chi connectivity index (χ4v) is 3.29. The smallest absolute Gasteiger partial charge is 0.228 e. The van der Waals surface area contributed by atoms with Crippen LogP contribution in [0.25, 0.3) is 0 Å². The first kappa shape index (κ1) is 19.3. The van der Waals surface area contributed by atoms with E-state index in [4.69, 9.17) is 19.6 Å². The molecule has 7 nitrogen and oxygen atoms in total. The van der Waals surface area contributed by atoms with E-state index in [1.54, 1.807) is 24.3 Å². The Bertz CT molecular complexity index is 1190. The van der Waals surface area contributed by atoms with Crippen molar-refractivity contribution in [3.63, 3.8) is 0 Å². The molecule has 7 heteroatoms. The zero-order valence-electron chi connectivity index (χ0n) is 15.9. The summed E-state index contributed by atoms with van der Waals surface area (Å²) < 4.78 is 16.8. The molecule has 150 valence electrons. The molecule has 1 aromatic heterocycles. The van der Waals surface area contributed by atoms with E-state index in [2.05, 4.69) is 0 Å². The predicted molar refractivity (Wildman–Crippen MR) is 107 cm³/mol. The maximum Gasteiger partial charge on any atom is 0.228 e. The maximum absolute atomic E-state index is 12.4. The lowest BCUT2D eigenvalue weighted by Crippen LogP contribution is -2.25. The zero-order chi connectivity index (χ0) is 21.1. The summed E-state index contributed by atoms with van der Waals surface area (Å²) in [6.07, 6.45) is 0. The van der Waals surface area contributed by atoms with E-state index in [-0.39, 0.29) is 28.7 Å². The molecule has 0 amide bonds. The molecular formula is C23H18N2O5. The molecule has 3 N–H and O–H groups in total. The number of rotatable bonds is 5. The van der Waals surface area contributed by atoms with Crippen molar-refractivity contribution < 1.29 is 19.0 Å². The maximum atomic E-state index is 12.4. The SMILES string of the molecule is N#CC1=C(N)Oc2c(oc(CO)cc2=O)[C@@H]1c1ccc(OCc2ccccc2)cc1. The Morgan fingerprint density at radius 1 is 1.13 bits per heavy atom. The lowest BCUT2D eigenvalue weighted by molar-refractivity contribution is 0.231. The van der Waals surface area contributed by atoms with Gasteiger partial charge in [-0.1, -0.05) is 42.5 Å². The predicted octanol–water partition coefficient (Wildman–Crippen LogP) is 2.93. The largest absolute Gasteiger partial charge is 0.489 e. The fourth-order valence-electron chi connectivity index (χ4n) is 3.29. The van der Waals surface area contributed by atoms with E-state index in [9.17, 15) is 15.2 Å². The average Bonchev–Trinajstić information content (AvgIpc) is 2.78. The summed E-state index contributed by atoms with van der Waals surface area (Å²) in [4.78, 5) is 12.4. The highest BCUT2D eigenvalue weighted by molar-refractivity contribution is 5.52. The Labute approximate surface area is 172 Å². The molecule has 0 aliphatic carbocycles. The summed E-state index contributed by atoms with van der Waals surface area (Å²) >= 11 is 0. The van der Waals surface area contributed by atoms with Crippen LogP contribution in [-0.4, -0.2) is 5.11 Å². The van der Waals surface area contributed by atoms with Crippen molar-refractivity contribution >= 4 is 0 Å². The van der Waals surface area contributed by atoms with Crippen LogP contribution in [0.5, 0.6) is 11.5 Å². The van der Waals surface area contributed by atoms with Crippen LogP contribution in [0.15, 0.2) is 81.3 Å². The van der Waals surface area contributed by atoms with E-state index in [1.165, 1.54) is 0 Å². The highest BCUT2D eigenvalue weighted by atomic mass is 16.5. The average molecular weight is 402 g/mol. The minimum atomic E-state index is -0.735. The van der Waals surface area contributed by atoms with Crippen LogP contribution in [-0.2, 0) is 13.2 Å². The monoisotopic (exact) mass is 402 g/mol. The van der Waals surface area contributed by atoms with Crippen molar-refractivity contribution in [1.82, 2.24) is 0 Å². The fraction of sp³-hybridized carbons (Fsp3) is 0.130. The number of benzene rings is 2. The van der Waals surface area contributed by atoms with Gasteiger partial charge in [0.25, 0.3) is 0 Å². The Morgan fingerprint density at radius 3 is 2.53 bits per heavy atom. The first-order valence-corrected chi connectivity index (χ1v) is 9.22. The van der Waals surface area contributed by atoms with Gasteiger partial charge >= 0.3 is 0 Å². The van der Waals surface area contributed by atoms with Crippen molar-refractivity contribution in [3.8, 4) is 17.6 Å². The molecule has 0 radical (unpaired) electrons. The molecule has 0 bridgehead atoms. The van der Waals surface area contributed by atoms with Gasteiger partial charge in [0.1, 0.15) is 36.4 Å². The molecule has 1 aliphatic rings. The standard InChI is InChI=1S/C23H18N2O5/c24-11-18-20(22-21(30-23(18)25)19(27)10-17(12-26)29-22)15-6-8-16(9-7-15)28-13-14-4-2-1-3-5-14/h1-10,20,26H,12-13,25H2/t20-/m1/s1. The van der Waals surface area contributed by atoms with Crippen molar-refractivity contribution in [2.75, 3.05) is 0 Å². The number of ether oxygens (including phenoxy) is 2. The molecule has 0 saturated heterocycles. The highest BCUT2D eigenvalue weighted by Crippen LogP contribution is 2.41. The van der Waals surface area contributed by atoms with Crippen LogP contribution >= 0.6 is 0 Å². The number of fused-ring (bicyclic) bond motifs is 1. The van der Waals surface area contributed by atoms with Crippen molar-refractivity contribution in [1.29, 1.82) is 5.26 Å². The molecule has 0 unspecified atom stereocenters. The van der Waals surface area contributed by atoms with Gasteiger partial charge < -0.3 is 24.7 Å². The lowest BCUT2D eigenvalue weighted by atomic mass is 9.87. The number of aliphatic hydroxyl groups excluding tert-OH is 1. The first-order valence-electron chi connectivity index (χ1n) is 9.22. The second kappa shape index (κ2) is 8.15. The summed E-state index contributed by atoms with van der Waals surface area (Å²) in [5.74, 6) is -0.109. The normalized spacial score (nSPS) is 15.1. The number of nitrogens with two attached hydrogens (primary N) is 1. The Morgan fingerprint density at radius 2 is 1.87 bits per heavy atom. The van der Waals surface area contributed by atoms with Gasteiger partial charge in [0.2, 0.25) is 17.1 Å². The molecule has 0 fully saturated rings. The van der Waals surface area contributed by atoms with Crippen molar-refractivity contribution in [2.45, 2.75) is 19.1 Å². The molecule has 0 spiro atoms. The number of allylic oxidation sites excluding steroid dienone is 1. The van der Waals surface area contributed by atoms with Crippen LogP contribution in [0.1, 0.15) is 28.6 Å². The van der Waals surface area contributed by atoms with E-state index in [1.807, 2.05) is 36.4 Å². The molecule has 2 heterocycles. The van der Waals surface area contributed by atoms with E-state index in [0.29, 0.717) is 17.9 Å². The number of nitrogens with zero attached hydrogens (tertiary/aromatic N) is 1. The third-order valence-electron chi connectivity index (χ3n) is 4.75. The van der Waals surface area contributed by atoms with E-state index in [0.717, 1.165) is 11.6 Å². The summed E-state index contributed by atoms with van der Waals surface area (Å²) in [6, 6.07) is 20.0. The van der Waals surface area contributed by atoms with Crippen LogP contribution in [0.2, 0.25) is 0 Å². The number of nitriles is 1. The van der Waals surface area contributed by atoms with E-state index >= 15 is 0 Å². The Kier molecular flexibility index (Phi) is 5.24. The second-order valence-electron chi connectivity index (χ2n) is 6.70. The first-order chi connectivity index (χ1) is 14.6. The zero-order valence-corrected chi connectivity index (χ0v) is 15.9. The summed E-state index contributed by atoms with van der Waals surface area (Å²) in [7, 11) is 0. The van der Waals surface area contributed by atoms with Gasteiger partial charge in [-0.3, -0.25) is 4.79 Å². The lowest BCUT2D eigenvalue weighted by Gasteiger charge is -2.24. The van der Waals surface area contributed by atoms with Crippen LogP contribution < -0.4 is 20.6 Å². The minimum absolute atomic E-state index is 0.0768. The van der Waals surface area contributed by atoms with Crippen molar-refractivity contribution in [3.05, 3.63) is 105 Å². The molecule has 0 saturated carbocycles. The van der Waals surface area contributed by atoms with Gasteiger partial charge in [-0.05, 0) is 23.3 Å². The molecule has 4 rings (SSSR count). The van der Waals surface area contributed by atoms with Crippen LogP contribution in [0, 0.1) is 11.3 Å². The van der Waals surface area contributed by atoms with Gasteiger partial charge in [-0.15, -0.1) is 0 Å². The Balaban J connectivity index is 1.68. The van der Waals surface area contributed by atoms with Gasteiger partial charge in [0, 0.05) is 6.07 Å². The highest BCUT2D eigenvalue weighted by Gasteiger charge is 2.35. The van der Waals surface area contributed by atoms with Crippen molar-refractivity contribution in [2.24, 2.45) is 5.73 Å². The number of hydrogen-bond acceptors (Lipinski definition) is 7. The summed E-state index contributed by atoms with van der Waals surface area (Å²) in [6.45, 7) is -0.0338. The second-order valence-corrected chi connectivity index (χ2v) is 6.70. The molecule has 2 aromatic carbocycles. The third-order valence-corrected chi connectivity index (χ3v) is 4.75. The quantitative estimate of drug-likeness (QED) is 0.673. The van der Waals surface area contributed by atoms with Gasteiger partial charge in [-0.25, -0.2) is 0 Å².